The van der Waals surface area contributed by atoms with Crippen molar-refractivity contribution in [1.29, 1.82) is 0 Å². The molecule has 2 aromatic rings. The fraction of sp³-hybridized carbons (Fsp3) is 0.667. The normalized spacial score (nSPS) is 30.7. The molecular formula is C45H62N4O9S. The Morgan fingerprint density at radius 2 is 1.78 bits per heavy atom. The molecule has 322 valence electrons. The summed E-state index contributed by atoms with van der Waals surface area (Å²) in [6.07, 6.45) is 9.11. The van der Waals surface area contributed by atoms with E-state index < -0.39 is 55.7 Å². The number of benzene rings is 1. The number of carbonyl (C=O) groups is 4. The van der Waals surface area contributed by atoms with E-state index in [0.717, 1.165) is 42.4 Å². The van der Waals surface area contributed by atoms with Crippen LogP contribution in [0.5, 0.6) is 5.88 Å². The number of aromatic nitrogens is 1. The van der Waals surface area contributed by atoms with Crippen molar-refractivity contribution < 1.29 is 41.8 Å². The number of ether oxygens (including phenoxy) is 3. The molecule has 0 radical (unpaired) electrons. The topological polar surface area (TPSA) is 162 Å². The lowest BCUT2D eigenvalue weighted by molar-refractivity contribution is -0.160. The molecule has 7 atom stereocenters. The third kappa shape index (κ3) is 9.33. The fourth-order valence-electron chi connectivity index (χ4n) is 9.36. The maximum Gasteiger partial charge on any atom is 0.307 e. The molecule has 0 bridgehead atoms. The molecule has 4 fully saturated rings. The van der Waals surface area contributed by atoms with Crippen LogP contribution in [0.25, 0.3) is 10.8 Å². The van der Waals surface area contributed by atoms with Crippen molar-refractivity contribution in [3.8, 4) is 5.88 Å². The average Bonchev–Trinajstić information content (AvgIpc) is 4.07. The number of Topliss-reactive ketones (excluding diaryl/α,β-unsaturated/α-hetero) is 1. The van der Waals surface area contributed by atoms with Crippen molar-refractivity contribution in [1.82, 2.24) is 14.6 Å². The first-order valence-electron chi connectivity index (χ1n) is 21.6. The van der Waals surface area contributed by atoms with E-state index in [1.54, 1.807) is 38.8 Å². The maximum absolute atomic E-state index is 15.1. The minimum absolute atomic E-state index is 0.0720. The Hall–Kier alpha value is -4.04. The SMILES string of the molecule is CC[C@@H]1C[C@@H](C)CC/C=C\[C@@H]2C[C@@]2(C(=O)NS(=O)(=O)C2(C)CC2)CC(=O)[C@@H]2C[C@@H](Oc3ncc(N4CCOCC4)c4ccccc34)CN2C(=O)[C@H]1CC(=O)OC(C)(C)C. The van der Waals surface area contributed by atoms with Gasteiger partial charge in [0.25, 0.3) is 0 Å². The van der Waals surface area contributed by atoms with Crippen LogP contribution in [0.15, 0.2) is 42.6 Å². The number of sulfonamides is 1. The zero-order chi connectivity index (χ0) is 42.3. The lowest BCUT2D eigenvalue weighted by Gasteiger charge is -2.33. The summed E-state index contributed by atoms with van der Waals surface area (Å²) < 4.78 is 46.0. The van der Waals surface area contributed by atoms with Crippen LogP contribution in [-0.2, 0) is 38.7 Å². The van der Waals surface area contributed by atoms with E-state index in [1.165, 1.54) is 0 Å². The molecule has 14 heteroatoms. The number of ketones is 1. The number of nitrogens with zero attached hydrogens (tertiary/aromatic N) is 3. The van der Waals surface area contributed by atoms with Gasteiger partial charge in [-0.05, 0) is 90.0 Å². The number of rotatable bonds is 9. The highest BCUT2D eigenvalue weighted by Gasteiger charge is 2.62. The van der Waals surface area contributed by atoms with Crippen molar-refractivity contribution in [3.63, 3.8) is 0 Å². The summed E-state index contributed by atoms with van der Waals surface area (Å²) in [7, 11) is -3.96. The van der Waals surface area contributed by atoms with Gasteiger partial charge in [-0.2, -0.15) is 0 Å². The van der Waals surface area contributed by atoms with Crippen molar-refractivity contribution in [2.24, 2.45) is 29.1 Å². The van der Waals surface area contributed by atoms with E-state index in [2.05, 4.69) is 16.5 Å². The fourth-order valence-corrected chi connectivity index (χ4v) is 10.7. The highest BCUT2D eigenvalue weighted by Crippen LogP contribution is 2.58. The van der Waals surface area contributed by atoms with Crippen LogP contribution in [0.2, 0.25) is 0 Å². The van der Waals surface area contributed by atoms with E-state index in [0.29, 0.717) is 51.2 Å². The number of pyridine rings is 1. The third-order valence-corrected chi connectivity index (χ3v) is 15.5. The molecule has 59 heavy (non-hydrogen) atoms. The average molecular weight is 835 g/mol. The Bertz CT molecular complexity index is 2070. The standard InChI is InChI=1S/C45H62N4O9S/c1-7-30-22-29(2)12-8-9-13-31-25-45(31,42(53)47-59(54,55)44(6)16-17-44)26-38(50)36-23-32(28-49(36)41(52)35(30)24-39(51)58-43(3,4)5)57-40-34-15-11-10-14-33(34)37(27-46-40)48-18-20-56-21-19-48/h9-11,13-15,27,29-32,35-36H,7-8,12,16-26,28H2,1-6H3,(H,47,53)/b13-9-/t29-,30+,31+,32+,35-,36-,45+/m0/s1. The third-order valence-electron chi connectivity index (χ3n) is 13.3. The number of hydrogen-bond acceptors (Lipinski definition) is 11. The molecule has 2 aliphatic carbocycles. The van der Waals surface area contributed by atoms with Gasteiger partial charge < -0.3 is 24.0 Å². The first-order chi connectivity index (χ1) is 27.9. The Labute approximate surface area is 349 Å². The second kappa shape index (κ2) is 16.8. The number of amides is 2. The van der Waals surface area contributed by atoms with Crippen LogP contribution in [0.4, 0.5) is 5.69 Å². The van der Waals surface area contributed by atoms with Crippen LogP contribution in [0, 0.1) is 29.1 Å². The number of morpholine rings is 1. The van der Waals surface area contributed by atoms with Gasteiger partial charge in [0.05, 0.1) is 60.2 Å². The van der Waals surface area contributed by atoms with Gasteiger partial charge in [-0.15, -0.1) is 0 Å². The first-order valence-corrected chi connectivity index (χ1v) is 23.1. The Morgan fingerprint density at radius 3 is 2.46 bits per heavy atom. The van der Waals surface area contributed by atoms with Gasteiger partial charge in [0.2, 0.25) is 27.7 Å². The van der Waals surface area contributed by atoms with Gasteiger partial charge in [-0.25, -0.2) is 13.4 Å². The number of anilines is 1. The minimum Gasteiger partial charge on any atom is -0.472 e. The molecule has 2 saturated carbocycles. The number of fused-ring (bicyclic) bond motifs is 3. The maximum atomic E-state index is 15.1. The highest BCUT2D eigenvalue weighted by molar-refractivity contribution is 7.91. The highest BCUT2D eigenvalue weighted by atomic mass is 32.2. The second-order valence-electron chi connectivity index (χ2n) is 19.0. The van der Waals surface area contributed by atoms with Gasteiger partial charge in [0.15, 0.2) is 5.78 Å². The smallest absolute Gasteiger partial charge is 0.307 e. The van der Waals surface area contributed by atoms with Crippen LogP contribution in [-0.4, -0.2) is 97.2 Å². The predicted molar refractivity (Wildman–Crippen MR) is 224 cm³/mol. The number of nitrogens with one attached hydrogen (secondary N) is 1. The second-order valence-corrected chi connectivity index (χ2v) is 21.2. The van der Waals surface area contributed by atoms with E-state index in [4.69, 9.17) is 19.2 Å². The largest absolute Gasteiger partial charge is 0.472 e. The van der Waals surface area contributed by atoms with Gasteiger partial charge in [0, 0.05) is 36.7 Å². The first kappa shape index (κ1) is 43.1. The molecule has 4 heterocycles. The van der Waals surface area contributed by atoms with Crippen LogP contribution in [0.3, 0.4) is 0 Å². The summed E-state index contributed by atoms with van der Waals surface area (Å²) in [6.45, 7) is 14.0. The van der Waals surface area contributed by atoms with E-state index in [1.807, 2.05) is 43.3 Å². The van der Waals surface area contributed by atoms with Crippen molar-refractivity contribution in [2.75, 3.05) is 37.7 Å². The van der Waals surface area contributed by atoms with E-state index in [9.17, 15) is 22.8 Å². The Kier molecular flexibility index (Phi) is 12.2. The molecule has 1 N–H and O–H groups in total. The lowest BCUT2D eigenvalue weighted by atomic mass is 9.79. The van der Waals surface area contributed by atoms with Crippen LogP contribution in [0.1, 0.15) is 106 Å². The Balaban J connectivity index is 1.23. The van der Waals surface area contributed by atoms with Crippen molar-refractivity contribution in [3.05, 3.63) is 42.6 Å². The van der Waals surface area contributed by atoms with Gasteiger partial charge >= 0.3 is 5.97 Å². The molecule has 7 rings (SSSR count). The summed E-state index contributed by atoms with van der Waals surface area (Å²) in [6, 6.07) is 6.91. The summed E-state index contributed by atoms with van der Waals surface area (Å²) >= 11 is 0. The van der Waals surface area contributed by atoms with Gasteiger partial charge in [-0.3, -0.25) is 23.9 Å². The van der Waals surface area contributed by atoms with Gasteiger partial charge in [0.1, 0.15) is 11.7 Å². The molecule has 0 unspecified atom stereocenters. The van der Waals surface area contributed by atoms with E-state index >= 15 is 4.79 Å². The Morgan fingerprint density at radius 1 is 1.07 bits per heavy atom. The molecule has 3 aliphatic heterocycles. The zero-order valence-electron chi connectivity index (χ0n) is 35.5. The predicted octanol–water partition coefficient (Wildman–Crippen LogP) is 6.13. The molecule has 13 nitrogen and oxygen atoms in total. The molecular weight excluding hydrogens is 773 g/mol. The van der Waals surface area contributed by atoms with Crippen LogP contribution >= 0.6 is 0 Å². The van der Waals surface area contributed by atoms with E-state index in [-0.39, 0.29) is 55.3 Å². The zero-order valence-corrected chi connectivity index (χ0v) is 36.4. The van der Waals surface area contributed by atoms with Crippen molar-refractivity contribution >= 4 is 50.1 Å². The summed E-state index contributed by atoms with van der Waals surface area (Å²) in [5, 5.41) is 1.77. The lowest BCUT2D eigenvalue weighted by Crippen LogP contribution is -2.48. The number of allylic oxidation sites excluding steroid dienone is 2. The molecule has 1 aromatic carbocycles. The van der Waals surface area contributed by atoms with Crippen molar-refractivity contribution in [2.45, 2.75) is 128 Å². The summed E-state index contributed by atoms with van der Waals surface area (Å²) in [5.41, 5.74) is -1.04. The molecule has 1 aromatic heterocycles. The summed E-state index contributed by atoms with van der Waals surface area (Å²) in [5.74, 6) is -2.43. The number of esters is 1. The number of hydrogen-bond donors (Lipinski definition) is 1. The molecule has 2 amide bonds. The molecule has 5 aliphatic rings. The van der Waals surface area contributed by atoms with Gasteiger partial charge in [-0.1, -0.05) is 50.6 Å². The summed E-state index contributed by atoms with van der Waals surface area (Å²) in [4.78, 5) is 66.2. The molecule has 2 saturated heterocycles. The monoisotopic (exact) mass is 834 g/mol. The minimum atomic E-state index is -3.96. The molecule has 0 spiro atoms. The van der Waals surface area contributed by atoms with Crippen LogP contribution < -0.4 is 14.4 Å². The number of carbonyl (C=O) groups excluding carboxylic acids is 4. The quantitative estimate of drug-likeness (QED) is 0.229.